The second-order valence-electron chi connectivity index (χ2n) is 7.02. The van der Waals surface area contributed by atoms with Crippen LogP contribution < -0.4 is 4.90 Å². The maximum absolute atomic E-state index is 13.0. The number of benzene rings is 1. The third-order valence-electron chi connectivity index (χ3n) is 5.37. The van der Waals surface area contributed by atoms with Crippen LogP contribution in [-0.4, -0.2) is 35.4 Å². The molecule has 0 radical (unpaired) electrons. The van der Waals surface area contributed by atoms with E-state index >= 15 is 0 Å². The first-order valence-corrected chi connectivity index (χ1v) is 9.40. The molecule has 0 N–H and O–H groups in total. The van der Waals surface area contributed by atoms with E-state index in [0.29, 0.717) is 0 Å². The molecular formula is C21H25N3O. The minimum Gasteiger partial charge on any atom is -0.357 e. The van der Waals surface area contributed by atoms with Crippen LogP contribution in [-0.2, 0) is 0 Å². The second-order valence-corrected chi connectivity index (χ2v) is 7.02. The molecule has 0 bridgehead atoms. The van der Waals surface area contributed by atoms with Crippen molar-refractivity contribution < 1.29 is 4.79 Å². The molecule has 2 fully saturated rings. The lowest BCUT2D eigenvalue weighted by Gasteiger charge is -2.36. The fraction of sp³-hybridized carbons (Fsp3) is 0.429. The van der Waals surface area contributed by atoms with Gasteiger partial charge in [0.15, 0.2) is 0 Å². The van der Waals surface area contributed by atoms with E-state index in [1.54, 1.807) is 0 Å². The first-order chi connectivity index (χ1) is 12.3. The molecule has 130 valence electrons. The number of hydrogen-bond donors (Lipinski definition) is 0. The van der Waals surface area contributed by atoms with E-state index in [1.165, 1.54) is 12.8 Å². The molecule has 2 aromatic rings. The zero-order chi connectivity index (χ0) is 17.1. The molecule has 2 saturated heterocycles. The average Bonchev–Trinajstić information content (AvgIpc) is 3.23. The Morgan fingerprint density at radius 1 is 0.920 bits per heavy atom. The molecule has 2 aliphatic heterocycles. The number of nitrogens with zero attached hydrogens (tertiary/aromatic N) is 3. The third-order valence-corrected chi connectivity index (χ3v) is 5.37. The van der Waals surface area contributed by atoms with Crippen molar-refractivity contribution in [2.24, 2.45) is 0 Å². The van der Waals surface area contributed by atoms with Gasteiger partial charge in [-0.1, -0.05) is 24.3 Å². The molecular weight excluding hydrogens is 310 g/mol. The number of likely N-dealkylation sites (tertiary alicyclic amines) is 1. The molecule has 0 saturated carbocycles. The molecule has 1 amide bonds. The lowest BCUT2D eigenvalue weighted by atomic mass is 9.95. The molecule has 4 nitrogen and oxygen atoms in total. The molecule has 4 rings (SSSR count). The van der Waals surface area contributed by atoms with Crippen molar-refractivity contribution >= 4 is 11.7 Å². The Bertz CT molecular complexity index is 708. The van der Waals surface area contributed by atoms with E-state index in [-0.39, 0.29) is 11.9 Å². The quantitative estimate of drug-likeness (QED) is 0.849. The summed E-state index contributed by atoms with van der Waals surface area (Å²) in [5.41, 5.74) is 1.93. The van der Waals surface area contributed by atoms with Crippen LogP contribution >= 0.6 is 0 Å². The zero-order valence-electron chi connectivity index (χ0n) is 14.6. The van der Waals surface area contributed by atoms with E-state index in [1.807, 2.05) is 41.4 Å². The van der Waals surface area contributed by atoms with Crippen molar-refractivity contribution in [1.29, 1.82) is 0 Å². The van der Waals surface area contributed by atoms with Crippen molar-refractivity contribution in [3.63, 3.8) is 0 Å². The molecule has 0 unspecified atom stereocenters. The van der Waals surface area contributed by atoms with Gasteiger partial charge in [0.25, 0.3) is 5.91 Å². The van der Waals surface area contributed by atoms with E-state index in [4.69, 9.17) is 4.98 Å². The van der Waals surface area contributed by atoms with Gasteiger partial charge in [0.1, 0.15) is 5.82 Å². The van der Waals surface area contributed by atoms with Crippen LogP contribution in [0.2, 0.25) is 0 Å². The Morgan fingerprint density at radius 3 is 2.40 bits per heavy atom. The van der Waals surface area contributed by atoms with Gasteiger partial charge in [-0.25, -0.2) is 4.98 Å². The number of rotatable bonds is 3. The van der Waals surface area contributed by atoms with E-state index in [2.05, 4.69) is 17.0 Å². The van der Waals surface area contributed by atoms with Gasteiger partial charge in [-0.05, 0) is 55.9 Å². The molecule has 0 spiro atoms. The van der Waals surface area contributed by atoms with Crippen molar-refractivity contribution in [3.05, 3.63) is 59.8 Å². The molecule has 4 heteroatoms. The van der Waals surface area contributed by atoms with E-state index < -0.39 is 0 Å². The topological polar surface area (TPSA) is 36.4 Å². The van der Waals surface area contributed by atoms with Gasteiger partial charge in [-0.2, -0.15) is 0 Å². The Kier molecular flexibility index (Phi) is 4.68. The standard InChI is InChI=1S/C21H25N3O/c25-21(17-8-2-1-3-9-17)24-15-5-4-10-19(24)18-11-12-20(22-16-18)23-13-6-7-14-23/h1-3,8-9,11-12,16,19H,4-7,10,13-15H2/t19-/m1/s1. The van der Waals surface area contributed by atoms with Crippen LogP contribution in [0.1, 0.15) is 54.1 Å². The van der Waals surface area contributed by atoms with Crippen LogP contribution in [0.5, 0.6) is 0 Å². The number of carbonyl (C=O) groups is 1. The van der Waals surface area contributed by atoms with Gasteiger partial charge >= 0.3 is 0 Å². The highest BCUT2D eigenvalue weighted by molar-refractivity contribution is 5.94. The highest BCUT2D eigenvalue weighted by Crippen LogP contribution is 2.32. The molecule has 1 aromatic carbocycles. The SMILES string of the molecule is O=C(c1ccccc1)N1CCCC[C@@H]1c1ccc(N2CCCC2)nc1. The first-order valence-electron chi connectivity index (χ1n) is 9.40. The fourth-order valence-corrected chi connectivity index (χ4v) is 4.00. The predicted molar refractivity (Wildman–Crippen MR) is 99.8 cm³/mol. The van der Waals surface area contributed by atoms with Gasteiger partial charge in [0.05, 0.1) is 6.04 Å². The molecule has 3 heterocycles. The third kappa shape index (κ3) is 3.39. The minimum absolute atomic E-state index is 0.133. The zero-order valence-corrected chi connectivity index (χ0v) is 14.6. The smallest absolute Gasteiger partial charge is 0.254 e. The number of piperidine rings is 1. The van der Waals surface area contributed by atoms with Gasteiger partial charge in [0.2, 0.25) is 0 Å². The normalized spacial score (nSPS) is 20.7. The summed E-state index contributed by atoms with van der Waals surface area (Å²) in [4.78, 5) is 22.0. The van der Waals surface area contributed by atoms with Crippen LogP contribution in [0.3, 0.4) is 0 Å². The van der Waals surface area contributed by atoms with Crippen molar-refractivity contribution in [2.75, 3.05) is 24.5 Å². The second kappa shape index (κ2) is 7.26. The van der Waals surface area contributed by atoms with Crippen LogP contribution in [0.15, 0.2) is 48.7 Å². The molecule has 0 aliphatic carbocycles. The Labute approximate surface area is 149 Å². The molecule has 1 atom stereocenters. The summed E-state index contributed by atoms with van der Waals surface area (Å²) in [5.74, 6) is 1.20. The summed E-state index contributed by atoms with van der Waals surface area (Å²) in [6.07, 6.45) is 7.75. The Balaban J connectivity index is 1.55. The number of pyridine rings is 1. The fourth-order valence-electron chi connectivity index (χ4n) is 4.00. The summed E-state index contributed by atoms with van der Waals surface area (Å²) in [6, 6.07) is 14.1. The van der Waals surface area contributed by atoms with Crippen LogP contribution in [0, 0.1) is 0 Å². The van der Waals surface area contributed by atoms with E-state index in [9.17, 15) is 4.79 Å². The van der Waals surface area contributed by atoms with Crippen LogP contribution in [0.25, 0.3) is 0 Å². The highest BCUT2D eigenvalue weighted by Gasteiger charge is 2.29. The molecule has 2 aliphatic rings. The van der Waals surface area contributed by atoms with Crippen LogP contribution in [0.4, 0.5) is 5.82 Å². The molecule has 1 aromatic heterocycles. The van der Waals surface area contributed by atoms with E-state index in [0.717, 1.165) is 55.8 Å². The number of carbonyl (C=O) groups excluding carboxylic acids is 1. The van der Waals surface area contributed by atoms with Crippen molar-refractivity contribution in [1.82, 2.24) is 9.88 Å². The van der Waals surface area contributed by atoms with Crippen molar-refractivity contribution in [3.8, 4) is 0 Å². The number of hydrogen-bond acceptors (Lipinski definition) is 3. The monoisotopic (exact) mass is 335 g/mol. The lowest BCUT2D eigenvalue weighted by Crippen LogP contribution is -2.38. The van der Waals surface area contributed by atoms with Gasteiger partial charge in [-0.3, -0.25) is 4.79 Å². The maximum atomic E-state index is 13.0. The van der Waals surface area contributed by atoms with Crippen molar-refractivity contribution in [2.45, 2.75) is 38.1 Å². The predicted octanol–water partition coefficient (Wildman–Crippen LogP) is 4.05. The first kappa shape index (κ1) is 16.1. The number of amides is 1. The molecule has 25 heavy (non-hydrogen) atoms. The average molecular weight is 335 g/mol. The summed E-state index contributed by atoms with van der Waals surface area (Å²) in [6.45, 7) is 3.04. The van der Waals surface area contributed by atoms with Gasteiger partial charge in [-0.15, -0.1) is 0 Å². The summed E-state index contributed by atoms with van der Waals surface area (Å²) >= 11 is 0. The van der Waals surface area contributed by atoms with Gasteiger partial charge < -0.3 is 9.80 Å². The lowest BCUT2D eigenvalue weighted by molar-refractivity contribution is 0.0611. The highest BCUT2D eigenvalue weighted by atomic mass is 16.2. The largest absolute Gasteiger partial charge is 0.357 e. The summed E-state index contributed by atoms with van der Waals surface area (Å²) in [7, 11) is 0. The maximum Gasteiger partial charge on any atom is 0.254 e. The summed E-state index contributed by atoms with van der Waals surface area (Å²) < 4.78 is 0. The Hall–Kier alpha value is -2.36. The Morgan fingerprint density at radius 2 is 1.68 bits per heavy atom. The van der Waals surface area contributed by atoms with Gasteiger partial charge in [0, 0.05) is 31.4 Å². The number of anilines is 1. The minimum atomic E-state index is 0.133. The number of aromatic nitrogens is 1. The summed E-state index contributed by atoms with van der Waals surface area (Å²) in [5, 5.41) is 0.